The van der Waals surface area contributed by atoms with Crippen LogP contribution in [-0.2, 0) is 9.59 Å². The molecule has 8 nitrogen and oxygen atoms in total. The molecule has 0 heterocycles. The van der Waals surface area contributed by atoms with E-state index in [1.165, 1.54) is 0 Å². The van der Waals surface area contributed by atoms with Gasteiger partial charge in [0.2, 0.25) is 11.8 Å². The van der Waals surface area contributed by atoms with Gasteiger partial charge in [-0.15, -0.1) is 0 Å². The van der Waals surface area contributed by atoms with Crippen LogP contribution < -0.4 is 21.3 Å². The molecular formula is C29H40N4O4. The van der Waals surface area contributed by atoms with Crippen molar-refractivity contribution in [3.05, 3.63) is 70.8 Å². The first-order valence-corrected chi connectivity index (χ1v) is 12.7. The van der Waals surface area contributed by atoms with Gasteiger partial charge < -0.3 is 21.3 Å². The van der Waals surface area contributed by atoms with Crippen LogP contribution >= 0.6 is 0 Å². The fourth-order valence-corrected chi connectivity index (χ4v) is 3.91. The zero-order chi connectivity index (χ0) is 27.7. The number of benzene rings is 2. The molecule has 0 fully saturated rings. The zero-order valence-electron chi connectivity index (χ0n) is 22.8. The van der Waals surface area contributed by atoms with Crippen LogP contribution in [0.4, 0.5) is 0 Å². The van der Waals surface area contributed by atoms with E-state index in [2.05, 4.69) is 21.3 Å². The highest BCUT2D eigenvalue weighted by Crippen LogP contribution is 2.11. The predicted octanol–water partition coefficient (Wildman–Crippen LogP) is 3.13. The first kappa shape index (κ1) is 29.5. The van der Waals surface area contributed by atoms with Crippen LogP contribution in [-0.4, -0.2) is 48.3 Å². The van der Waals surface area contributed by atoms with Crippen LogP contribution in [0.25, 0.3) is 0 Å². The zero-order valence-corrected chi connectivity index (χ0v) is 22.8. The van der Waals surface area contributed by atoms with Crippen molar-refractivity contribution in [3.63, 3.8) is 0 Å². The highest BCUT2D eigenvalue weighted by Gasteiger charge is 2.28. The molecule has 0 radical (unpaired) electrons. The van der Waals surface area contributed by atoms with E-state index in [1.54, 1.807) is 31.2 Å². The summed E-state index contributed by atoms with van der Waals surface area (Å²) in [5.74, 6) is -1.55. The third kappa shape index (κ3) is 8.44. The van der Waals surface area contributed by atoms with Crippen LogP contribution in [0.1, 0.15) is 66.5 Å². The Morgan fingerprint density at radius 2 is 1.03 bits per heavy atom. The normalized spacial score (nSPS) is 13.4. The Morgan fingerprint density at radius 1 is 0.622 bits per heavy atom. The van der Waals surface area contributed by atoms with Crippen molar-refractivity contribution in [2.24, 2.45) is 11.8 Å². The Kier molecular flexibility index (Phi) is 10.8. The van der Waals surface area contributed by atoms with Gasteiger partial charge in [-0.25, -0.2) is 0 Å². The van der Waals surface area contributed by atoms with E-state index in [9.17, 15) is 19.2 Å². The Hall–Kier alpha value is -3.68. The molecule has 0 aliphatic rings. The molecule has 0 saturated heterocycles. The number of hydrogen-bond acceptors (Lipinski definition) is 4. The summed E-state index contributed by atoms with van der Waals surface area (Å²) < 4.78 is 0. The summed E-state index contributed by atoms with van der Waals surface area (Å²) in [6.45, 7) is 13.1. The first-order valence-electron chi connectivity index (χ1n) is 12.7. The lowest BCUT2D eigenvalue weighted by molar-refractivity contribution is -0.126. The molecule has 3 atom stereocenters. The maximum Gasteiger partial charge on any atom is 0.252 e. The van der Waals surface area contributed by atoms with Gasteiger partial charge in [-0.05, 0) is 55.9 Å². The van der Waals surface area contributed by atoms with Gasteiger partial charge in [-0.3, -0.25) is 19.2 Å². The van der Waals surface area contributed by atoms with Crippen molar-refractivity contribution in [2.45, 2.75) is 66.6 Å². The minimum atomic E-state index is -0.734. The van der Waals surface area contributed by atoms with Crippen molar-refractivity contribution in [1.29, 1.82) is 0 Å². The highest BCUT2D eigenvalue weighted by atomic mass is 16.2. The summed E-state index contributed by atoms with van der Waals surface area (Å²) in [7, 11) is 0. The molecule has 0 aromatic heterocycles. The fraction of sp³-hybridized carbons (Fsp3) is 0.448. The lowest BCUT2D eigenvalue weighted by Gasteiger charge is -2.26. The molecule has 0 spiro atoms. The number of hydrogen-bond donors (Lipinski definition) is 4. The molecule has 2 aromatic rings. The van der Waals surface area contributed by atoms with Gasteiger partial charge in [0.05, 0.1) is 0 Å². The molecule has 0 aliphatic carbocycles. The average molecular weight is 509 g/mol. The second-order valence-corrected chi connectivity index (χ2v) is 10.2. The van der Waals surface area contributed by atoms with E-state index >= 15 is 0 Å². The van der Waals surface area contributed by atoms with Crippen LogP contribution in [0.3, 0.4) is 0 Å². The van der Waals surface area contributed by atoms with Gasteiger partial charge >= 0.3 is 0 Å². The number of aryl methyl sites for hydroxylation is 2. The van der Waals surface area contributed by atoms with Crippen molar-refractivity contribution in [3.8, 4) is 0 Å². The third-order valence-electron chi connectivity index (χ3n) is 6.22. The van der Waals surface area contributed by atoms with Gasteiger partial charge in [-0.1, -0.05) is 64.1 Å². The van der Waals surface area contributed by atoms with Crippen molar-refractivity contribution < 1.29 is 19.2 Å². The quantitative estimate of drug-likeness (QED) is 0.373. The van der Waals surface area contributed by atoms with Crippen LogP contribution in [0.5, 0.6) is 0 Å². The summed E-state index contributed by atoms with van der Waals surface area (Å²) in [4.78, 5) is 51.4. The van der Waals surface area contributed by atoms with Crippen LogP contribution in [0.15, 0.2) is 48.5 Å². The minimum absolute atomic E-state index is 0.139. The van der Waals surface area contributed by atoms with E-state index in [1.807, 2.05) is 65.8 Å². The Bertz CT molecular complexity index is 1110. The number of carbonyl (C=O) groups excluding carboxylic acids is 4. The Labute approximate surface area is 220 Å². The lowest BCUT2D eigenvalue weighted by atomic mass is 10.0. The number of nitrogens with one attached hydrogen (secondary N) is 4. The Balaban J connectivity index is 1.95. The van der Waals surface area contributed by atoms with Crippen molar-refractivity contribution in [2.75, 3.05) is 6.54 Å². The second-order valence-electron chi connectivity index (χ2n) is 10.2. The van der Waals surface area contributed by atoms with E-state index < -0.39 is 18.1 Å². The molecule has 37 heavy (non-hydrogen) atoms. The summed E-state index contributed by atoms with van der Waals surface area (Å²) >= 11 is 0. The minimum Gasteiger partial charge on any atom is -0.352 e. The molecule has 3 unspecified atom stereocenters. The van der Waals surface area contributed by atoms with E-state index in [4.69, 9.17) is 0 Å². The Morgan fingerprint density at radius 3 is 1.43 bits per heavy atom. The monoisotopic (exact) mass is 508 g/mol. The van der Waals surface area contributed by atoms with Crippen LogP contribution in [0.2, 0.25) is 0 Å². The van der Waals surface area contributed by atoms with Gasteiger partial charge in [-0.2, -0.15) is 0 Å². The maximum atomic E-state index is 13.0. The first-order chi connectivity index (χ1) is 17.4. The summed E-state index contributed by atoms with van der Waals surface area (Å²) in [6.07, 6.45) is 0. The van der Waals surface area contributed by atoms with Gasteiger partial charge in [0.15, 0.2) is 0 Å². The largest absolute Gasteiger partial charge is 0.352 e. The molecular weight excluding hydrogens is 468 g/mol. The fourth-order valence-electron chi connectivity index (χ4n) is 3.91. The standard InChI is InChI=1S/C29H40N4O4/c1-17(2)24(32-26(34)22-14-10-8-12-19(22)5)28(36)30-16-21(7)31-29(37)25(18(3)4)33-27(35)23-15-11-9-13-20(23)6/h8-15,17-18,21,24-25H,16H2,1-7H3,(H,30,36)(H,31,37)(H,32,34)(H,33,35). The van der Waals surface area contributed by atoms with E-state index in [0.29, 0.717) is 11.1 Å². The molecule has 200 valence electrons. The SMILES string of the molecule is Cc1ccccc1C(=O)NC(C(=O)NCC(C)NC(=O)C(NC(=O)c1ccccc1C)C(C)C)C(C)C. The molecule has 4 amide bonds. The lowest BCUT2D eigenvalue weighted by Crippen LogP contribution is -2.55. The molecule has 2 rings (SSSR count). The van der Waals surface area contributed by atoms with E-state index in [0.717, 1.165) is 11.1 Å². The van der Waals surface area contributed by atoms with Crippen molar-refractivity contribution >= 4 is 23.6 Å². The highest BCUT2D eigenvalue weighted by molar-refractivity contribution is 5.99. The molecule has 0 bridgehead atoms. The van der Waals surface area contributed by atoms with E-state index in [-0.39, 0.29) is 42.0 Å². The number of carbonyl (C=O) groups is 4. The smallest absolute Gasteiger partial charge is 0.252 e. The average Bonchev–Trinajstić information content (AvgIpc) is 2.84. The molecule has 0 saturated carbocycles. The second kappa shape index (κ2) is 13.6. The third-order valence-corrected chi connectivity index (χ3v) is 6.22. The van der Waals surface area contributed by atoms with Crippen LogP contribution in [0, 0.1) is 25.7 Å². The predicted molar refractivity (Wildman–Crippen MR) is 145 cm³/mol. The summed E-state index contributed by atoms with van der Waals surface area (Å²) in [5, 5.41) is 11.4. The molecule has 4 N–H and O–H groups in total. The van der Waals surface area contributed by atoms with Gasteiger partial charge in [0, 0.05) is 23.7 Å². The van der Waals surface area contributed by atoms with Gasteiger partial charge in [0.25, 0.3) is 11.8 Å². The maximum absolute atomic E-state index is 13.0. The number of rotatable bonds is 11. The topological polar surface area (TPSA) is 116 Å². The van der Waals surface area contributed by atoms with Gasteiger partial charge in [0.1, 0.15) is 12.1 Å². The number of amides is 4. The van der Waals surface area contributed by atoms with Crippen molar-refractivity contribution in [1.82, 2.24) is 21.3 Å². The molecule has 2 aromatic carbocycles. The molecule has 0 aliphatic heterocycles. The summed E-state index contributed by atoms with van der Waals surface area (Å²) in [5.41, 5.74) is 2.70. The summed E-state index contributed by atoms with van der Waals surface area (Å²) in [6, 6.07) is 12.5. The molecule has 8 heteroatoms.